The Balaban J connectivity index is 2.65. The molecular weight excluding hydrogens is 236 g/mol. The summed E-state index contributed by atoms with van der Waals surface area (Å²) in [5, 5.41) is 3.67. The molecule has 7 nitrogen and oxygen atoms in total. The van der Waals surface area contributed by atoms with E-state index in [1.54, 1.807) is 12.0 Å². The molecule has 7 heteroatoms. The number of amides is 1. The molecule has 1 amide bonds. The van der Waals surface area contributed by atoms with Crippen molar-refractivity contribution in [3.8, 4) is 0 Å². The van der Waals surface area contributed by atoms with E-state index in [0.717, 1.165) is 0 Å². The number of hydrogen-bond acceptors (Lipinski definition) is 4. The SMILES string of the molecule is CO[C@H]1CCN(C(=O)OC(C)(C)C)C[C@@H]1N=[N+]=[N-]. The summed E-state index contributed by atoms with van der Waals surface area (Å²) >= 11 is 0. The molecule has 18 heavy (non-hydrogen) atoms. The van der Waals surface area contributed by atoms with Crippen LogP contribution in [0.15, 0.2) is 5.11 Å². The van der Waals surface area contributed by atoms with Gasteiger partial charge in [0, 0.05) is 25.1 Å². The molecule has 0 bridgehead atoms. The fourth-order valence-corrected chi connectivity index (χ4v) is 1.85. The average Bonchev–Trinajstić information content (AvgIpc) is 2.27. The second-order valence-corrected chi connectivity index (χ2v) is 5.26. The van der Waals surface area contributed by atoms with Crippen molar-refractivity contribution in [2.75, 3.05) is 20.2 Å². The number of carbonyl (C=O) groups excluding carboxylic acids is 1. The number of carbonyl (C=O) groups is 1. The molecule has 1 aliphatic rings. The van der Waals surface area contributed by atoms with E-state index in [1.807, 2.05) is 20.8 Å². The largest absolute Gasteiger partial charge is 0.444 e. The molecule has 1 aliphatic heterocycles. The maximum absolute atomic E-state index is 11.9. The maximum atomic E-state index is 11.9. The second kappa shape index (κ2) is 5.93. The number of hydrogen-bond donors (Lipinski definition) is 0. The van der Waals surface area contributed by atoms with Gasteiger partial charge in [-0.25, -0.2) is 4.79 Å². The summed E-state index contributed by atoms with van der Waals surface area (Å²) < 4.78 is 10.5. The molecule has 102 valence electrons. The highest BCUT2D eigenvalue weighted by Crippen LogP contribution is 2.19. The van der Waals surface area contributed by atoms with Crippen molar-refractivity contribution in [2.24, 2.45) is 5.11 Å². The summed E-state index contributed by atoms with van der Waals surface area (Å²) in [6.07, 6.45) is 0.120. The monoisotopic (exact) mass is 256 g/mol. The van der Waals surface area contributed by atoms with Crippen molar-refractivity contribution in [1.82, 2.24) is 4.90 Å². The highest BCUT2D eigenvalue weighted by molar-refractivity contribution is 5.68. The third kappa shape index (κ3) is 4.09. The van der Waals surface area contributed by atoms with E-state index in [-0.39, 0.29) is 18.2 Å². The molecule has 0 radical (unpaired) electrons. The van der Waals surface area contributed by atoms with Crippen LogP contribution >= 0.6 is 0 Å². The first-order chi connectivity index (χ1) is 8.37. The average molecular weight is 256 g/mol. The normalized spacial score (nSPS) is 24.3. The molecular formula is C11H20N4O3. The van der Waals surface area contributed by atoms with Crippen LogP contribution in [-0.2, 0) is 9.47 Å². The number of nitrogens with zero attached hydrogens (tertiary/aromatic N) is 4. The summed E-state index contributed by atoms with van der Waals surface area (Å²) in [7, 11) is 1.58. The summed E-state index contributed by atoms with van der Waals surface area (Å²) in [5.41, 5.74) is 7.99. The molecule has 0 saturated carbocycles. The van der Waals surface area contributed by atoms with Crippen LogP contribution in [-0.4, -0.2) is 48.9 Å². The van der Waals surface area contributed by atoms with E-state index in [0.29, 0.717) is 19.5 Å². The standard InChI is InChI=1S/C11H20N4O3/c1-11(2,3)18-10(16)15-6-5-9(17-4)8(7-15)13-14-12/h8-9H,5-7H2,1-4H3/t8-,9-/m0/s1. The van der Waals surface area contributed by atoms with Crippen molar-refractivity contribution in [1.29, 1.82) is 0 Å². The van der Waals surface area contributed by atoms with Gasteiger partial charge in [0.05, 0.1) is 12.1 Å². The van der Waals surface area contributed by atoms with Gasteiger partial charge >= 0.3 is 6.09 Å². The Bertz CT molecular complexity index is 347. The quantitative estimate of drug-likeness (QED) is 0.431. The first-order valence-electron chi connectivity index (χ1n) is 5.92. The molecule has 1 saturated heterocycles. The van der Waals surface area contributed by atoms with Crippen molar-refractivity contribution in [3.63, 3.8) is 0 Å². The van der Waals surface area contributed by atoms with Crippen molar-refractivity contribution < 1.29 is 14.3 Å². The van der Waals surface area contributed by atoms with Crippen LogP contribution in [0.25, 0.3) is 10.4 Å². The van der Waals surface area contributed by atoms with Crippen molar-refractivity contribution in [2.45, 2.75) is 44.9 Å². The highest BCUT2D eigenvalue weighted by Gasteiger charge is 2.32. The summed E-state index contributed by atoms with van der Waals surface area (Å²) in [6, 6.07) is -0.360. The van der Waals surface area contributed by atoms with E-state index < -0.39 is 5.60 Å². The van der Waals surface area contributed by atoms with E-state index in [1.165, 1.54) is 0 Å². The smallest absolute Gasteiger partial charge is 0.410 e. The lowest BCUT2D eigenvalue weighted by Crippen LogP contribution is -2.50. The Kier molecular flexibility index (Phi) is 4.81. The number of azide groups is 1. The molecule has 0 unspecified atom stereocenters. The fraction of sp³-hybridized carbons (Fsp3) is 0.909. The molecule has 1 heterocycles. The fourth-order valence-electron chi connectivity index (χ4n) is 1.85. The van der Waals surface area contributed by atoms with Gasteiger partial charge in [-0.3, -0.25) is 0 Å². The van der Waals surface area contributed by atoms with Crippen LogP contribution in [0.3, 0.4) is 0 Å². The first-order valence-corrected chi connectivity index (χ1v) is 5.92. The van der Waals surface area contributed by atoms with Crippen LogP contribution < -0.4 is 0 Å². The van der Waals surface area contributed by atoms with Crippen LogP contribution in [0.4, 0.5) is 4.79 Å². The van der Waals surface area contributed by atoms with Crippen LogP contribution in [0, 0.1) is 0 Å². The van der Waals surface area contributed by atoms with Gasteiger partial charge < -0.3 is 14.4 Å². The number of methoxy groups -OCH3 is 1. The topological polar surface area (TPSA) is 87.5 Å². The van der Waals surface area contributed by atoms with Gasteiger partial charge in [-0.05, 0) is 32.7 Å². The van der Waals surface area contributed by atoms with E-state index >= 15 is 0 Å². The summed E-state index contributed by atoms with van der Waals surface area (Å²) in [6.45, 7) is 6.33. The zero-order valence-corrected chi connectivity index (χ0v) is 11.3. The van der Waals surface area contributed by atoms with Gasteiger partial charge in [0.15, 0.2) is 0 Å². The lowest BCUT2D eigenvalue weighted by atomic mass is 10.0. The Morgan fingerprint density at radius 3 is 2.67 bits per heavy atom. The van der Waals surface area contributed by atoms with Gasteiger partial charge in [-0.15, -0.1) is 0 Å². The van der Waals surface area contributed by atoms with Crippen molar-refractivity contribution in [3.05, 3.63) is 10.4 Å². The molecule has 0 aliphatic carbocycles. The number of ether oxygens (including phenoxy) is 2. The second-order valence-electron chi connectivity index (χ2n) is 5.26. The predicted octanol–water partition coefficient (Wildman–Crippen LogP) is 2.32. The van der Waals surface area contributed by atoms with Gasteiger partial charge in [-0.1, -0.05) is 5.11 Å². The molecule has 0 spiro atoms. The molecule has 1 fully saturated rings. The molecule has 0 aromatic heterocycles. The maximum Gasteiger partial charge on any atom is 0.410 e. The molecule has 0 aromatic rings. The van der Waals surface area contributed by atoms with Crippen molar-refractivity contribution >= 4 is 6.09 Å². The summed E-state index contributed by atoms with van der Waals surface area (Å²) in [5.74, 6) is 0. The minimum absolute atomic E-state index is 0.139. The molecule has 0 N–H and O–H groups in total. The van der Waals surface area contributed by atoms with Gasteiger partial charge in [0.1, 0.15) is 5.60 Å². The zero-order chi connectivity index (χ0) is 13.8. The Hall–Kier alpha value is -1.46. The first kappa shape index (κ1) is 14.6. The number of rotatable bonds is 2. The highest BCUT2D eigenvalue weighted by atomic mass is 16.6. The third-order valence-corrected chi connectivity index (χ3v) is 2.67. The Morgan fingerprint density at radius 1 is 1.50 bits per heavy atom. The minimum Gasteiger partial charge on any atom is -0.444 e. The lowest BCUT2D eigenvalue weighted by Gasteiger charge is -2.36. The van der Waals surface area contributed by atoms with Crippen LogP contribution in [0.5, 0.6) is 0 Å². The summed E-state index contributed by atoms with van der Waals surface area (Å²) in [4.78, 5) is 16.2. The van der Waals surface area contributed by atoms with E-state index in [2.05, 4.69) is 10.0 Å². The Labute approximate surface area is 107 Å². The molecule has 0 aromatic carbocycles. The van der Waals surface area contributed by atoms with Crippen LogP contribution in [0.1, 0.15) is 27.2 Å². The molecule has 1 rings (SSSR count). The zero-order valence-electron chi connectivity index (χ0n) is 11.3. The minimum atomic E-state index is -0.525. The lowest BCUT2D eigenvalue weighted by molar-refractivity contribution is -0.00562. The number of likely N-dealkylation sites (tertiary alicyclic amines) is 1. The third-order valence-electron chi connectivity index (χ3n) is 2.67. The van der Waals surface area contributed by atoms with Gasteiger partial charge in [0.25, 0.3) is 0 Å². The van der Waals surface area contributed by atoms with E-state index in [4.69, 9.17) is 15.0 Å². The van der Waals surface area contributed by atoms with Gasteiger partial charge in [-0.2, -0.15) is 0 Å². The Morgan fingerprint density at radius 2 is 2.17 bits per heavy atom. The van der Waals surface area contributed by atoms with Gasteiger partial charge in [0.2, 0.25) is 0 Å². The number of piperidine rings is 1. The van der Waals surface area contributed by atoms with E-state index in [9.17, 15) is 4.79 Å². The molecule has 2 atom stereocenters. The predicted molar refractivity (Wildman–Crippen MR) is 66.2 cm³/mol. The van der Waals surface area contributed by atoms with Crippen LogP contribution in [0.2, 0.25) is 0 Å².